The van der Waals surface area contributed by atoms with Crippen LogP contribution in [-0.4, -0.2) is 26.4 Å². The summed E-state index contributed by atoms with van der Waals surface area (Å²) in [6.45, 7) is 1.34. The summed E-state index contributed by atoms with van der Waals surface area (Å²) in [5.41, 5.74) is 0.479. The molecule has 0 aliphatic carbocycles. The summed E-state index contributed by atoms with van der Waals surface area (Å²) in [5.74, 6) is 0.539. The number of aliphatic hydroxyl groups is 1. The van der Waals surface area contributed by atoms with E-state index in [2.05, 4.69) is 0 Å². The maximum absolute atomic E-state index is 11.5. The van der Waals surface area contributed by atoms with Gasteiger partial charge in [0.15, 0.2) is 9.84 Å². The normalized spacial score (nSPS) is 11.4. The lowest BCUT2D eigenvalue weighted by atomic mass is 10.2. The zero-order valence-corrected chi connectivity index (χ0v) is 9.54. The number of ether oxygens (including phenoxy) is 1. The van der Waals surface area contributed by atoms with Crippen LogP contribution in [0, 0.1) is 0 Å². The van der Waals surface area contributed by atoms with Crippen molar-refractivity contribution in [3.05, 3.63) is 23.8 Å². The van der Waals surface area contributed by atoms with E-state index in [4.69, 9.17) is 9.84 Å². The maximum Gasteiger partial charge on any atom is 0.178 e. The van der Waals surface area contributed by atoms with Crippen molar-refractivity contribution in [3.8, 4) is 5.75 Å². The minimum absolute atomic E-state index is 0.0458. The number of benzene rings is 1. The molecule has 15 heavy (non-hydrogen) atoms. The van der Waals surface area contributed by atoms with Gasteiger partial charge in [0.2, 0.25) is 0 Å². The van der Waals surface area contributed by atoms with Gasteiger partial charge in [0, 0.05) is 5.56 Å². The van der Waals surface area contributed by atoms with Crippen molar-refractivity contribution in [1.82, 2.24) is 0 Å². The van der Waals surface area contributed by atoms with Gasteiger partial charge in [-0.25, -0.2) is 8.42 Å². The molecule has 0 saturated heterocycles. The number of methoxy groups -OCH3 is 1. The van der Waals surface area contributed by atoms with E-state index in [-0.39, 0.29) is 17.3 Å². The average molecular weight is 230 g/mol. The van der Waals surface area contributed by atoms with E-state index >= 15 is 0 Å². The molecule has 0 aliphatic rings. The first-order valence-corrected chi connectivity index (χ1v) is 6.21. The lowest BCUT2D eigenvalue weighted by Gasteiger charge is -2.08. The van der Waals surface area contributed by atoms with Crippen LogP contribution in [0.4, 0.5) is 0 Å². The number of hydrogen-bond acceptors (Lipinski definition) is 4. The largest absolute Gasteiger partial charge is 0.496 e. The summed E-state index contributed by atoms with van der Waals surface area (Å²) in [4.78, 5) is 0.217. The van der Waals surface area contributed by atoms with E-state index in [0.29, 0.717) is 11.3 Å². The molecule has 4 nitrogen and oxygen atoms in total. The molecular formula is C10H14O4S. The topological polar surface area (TPSA) is 63.6 Å². The predicted octanol–water partition coefficient (Wildman–Crippen LogP) is 0.981. The van der Waals surface area contributed by atoms with E-state index < -0.39 is 9.84 Å². The Morgan fingerprint density at radius 1 is 1.40 bits per heavy atom. The number of rotatable bonds is 4. The molecule has 0 heterocycles. The zero-order chi connectivity index (χ0) is 11.5. The monoisotopic (exact) mass is 230 g/mol. The highest BCUT2D eigenvalue weighted by molar-refractivity contribution is 7.91. The van der Waals surface area contributed by atoms with Crippen molar-refractivity contribution in [2.24, 2.45) is 0 Å². The average Bonchev–Trinajstić information content (AvgIpc) is 2.28. The van der Waals surface area contributed by atoms with Crippen LogP contribution in [0.25, 0.3) is 0 Å². The Morgan fingerprint density at radius 2 is 2.07 bits per heavy atom. The molecule has 1 aromatic rings. The lowest BCUT2D eigenvalue weighted by Crippen LogP contribution is -2.05. The van der Waals surface area contributed by atoms with Crippen LogP contribution in [0.2, 0.25) is 0 Å². The highest BCUT2D eigenvalue weighted by Crippen LogP contribution is 2.22. The minimum Gasteiger partial charge on any atom is -0.496 e. The van der Waals surface area contributed by atoms with Crippen molar-refractivity contribution in [3.63, 3.8) is 0 Å². The van der Waals surface area contributed by atoms with E-state index in [1.807, 2.05) is 0 Å². The van der Waals surface area contributed by atoms with Crippen LogP contribution in [0.3, 0.4) is 0 Å². The molecule has 0 bridgehead atoms. The summed E-state index contributed by atoms with van der Waals surface area (Å²) >= 11 is 0. The molecule has 1 N–H and O–H groups in total. The summed E-state index contributed by atoms with van der Waals surface area (Å²) in [6.07, 6.45) is 0. The van der Waals surface area contributed by atoms with Crippen LogP contribution < -0.4 is 4.74 Å². The van der Waals surface area contributed by atoms with Crippen molar-refractivity contribution >= 4 is 9.84 Å². The lowest BCUT2D eigenvalue weighted by molar-refractivity contribution is 0.273. The van der Waals surface area contributed by atoms with Crippen molar-refractivity contribution < 1.29 is 18.3 Å². The Bertz CT molecular complexity index is 437. The Morgan fingerprint density at radius 3 is 2.53 bits per heavy atom. The van der Waals surface area contributed by atoms with E-state index in [1.54, 1.807) is 13.0 Å². The predicted molar refractivity (Wildman–Crippen MR) is 56.6 cm³/mol. The quantitative estimate of drug-likeness (QED) is 0.837. The minimum atomic E-state index is -3.22. The van der Waals surface area contributed by atoms with Gasteiger partial charge < -0.3 is 9.84 Å². The highest BCUT2D eigenvalue weighted by Gasteiger charge is 2.13. The smallest absolute Gasteiger partial charge is 0.178 e. The molecule has 84 valence electrons. The van der Waals surface area contributed by atoms with Gasteiger partial charge in [-0.2, -0.15) is 0 Å². The molecule has 0 amide bonds. The molecule has 0 spiro atoms. The molecule has 0 aromatic heterocycles. The van der Waals surface area contributed by atoms with E-state index in [9.17, 15) is 8.42 Å². The van der Waals surface area contributed by atoms with Crippen LogP contribution in [0.5, 0.6) is 5.75 Å². The van der Waals surface area contributed by atoms with Gasteiger partial charge in [-0.15, -0.1) is 0 Å². The van der Waals surface area contributed by atoms with E-state index in [1.165, 1.54) is 19.2 Å². The third-order valence-corrected chi connectivity index (χ3v) is 3.89. The Labute approximate surface area is 89.4 Å². The molecule has 0 saturated carbocycles. The second kappa shape index (κ2) is 4.63. The molecule has 0 aliphatic heterocycles. The van der Waals surface area contributed by atoms with Gasteiger partial charge in [0.25, 0.3) is 0 Å². The van der Waals surface area contributed by atoms with Gasteiger partial charge in [-0.1, -0.05) is 6.92 Å². The fourth-order valence-corrected chi connectivity index (χ4v) is 2.17. The fraction of sp³-hybridized carbons (Fsp3) is 0.400. The summed E-state index contributed by atoms with van der Waals surface area (Å²) in [6, 6.07) is 4.47. The first-order valence-electron chi connectivity index (χ1n) is 4.55. The summed E-state index contributed by atoms with van der Waals surface area (Å²) < 4.78 is 28.1. The van der Waals surface area contributed by atoms with Gasteiger partial charge in [0.05, 0.1) is 24.4 Å². The van der Waals surface area contributed by atoms with Crippen molar-refractivity contribution in [2.45, 2.75) is 18.4 Å². The number of aliphatic hydroxyl groups excluding tert-OH is 1. The maximum atomic E-state index is 11.5. The molecule has 1 aromatic carbocycles. The third kappa shape index (κ3) is 2.49. The standard InChI is InChI=1S/C10H14O4S/c1-3-15(12,13)9-4-5-10(14-2)8(6-9)7-11/h4-6,11H,3,7H2,1-2H3. The van der Waals surface area contributed by atoms with Crippen LogP contribution in [0.15, 0.2) is 23.1 Å². The Hall–Kier alpha value is -1.07. The van der Waals surface area contributed by atoms with Crippen LogP contribution >= 0.6 is 0 Å². The van der Waals surface area contributed by atoms with Gasteiger partial charge >= 0.3 is 0 Å². The zero-order valence-electron chi connectivity index (χ0n) is 8.73. The SMILES string of the molecule is CCS(=O)(=O)c1ccc(OC)c(CO)c1. The van der Waals surface area contributed by atoms with E-state index in [0.717, 1.165) is 0 Å². The number of sulfone groups is 1. The van der Waals surface area contributed by atoms with Crippen LogP contribution in [0.1, 0.15) is 12.5 Å². The summed E-state index contributed by atoms with van der Waals surface area (Å²) in [5, 5.41) is 9.04. The Kier molecular flexibility index (Phi) is 3.71. The first-order chi connectivity index (χ1) is 7.05. The van der Waals surface area contributed by atoms with Gasteiger partial charge in [-0.05, 0) is 18.2 Å². The summed E-state index contributed by atoms with van der Waals surface area (Å²) in [7, 11) is -1.75. The molecule has 1 rings (SSSR count). The first kappa shape index (κ1) is 12.0. The van der Waals surface area contributed by atoms with Crippen molar-refractivity contribution in [1.29, 1.82) is 0 Å². The van der Waals surface area contributed by atoms with Crippen LogP contribution in [-0.2, 0) is 16.4 Å². The molecule has 0 radical (unpaired) electrons. The molecule has 5 heteroatoms. The number of hydrogen-bond donors (Lipinski definition) is 1. The third-order valence-electron chi connectivity index (χ3n) is 2.16. The van der Waals surface area contributed by atoms with Crippen molar-refractivity contribution in [2.75, 3.05) is 12.9 Å². The fourth-order valence-electron chi connectivity index (χ4n) is 1.24. The Balaban J connectivity index is 3.26. The van der Waals surface area contributed by atoms with Gasteiger partial charge in [-0.3, -0.25) is 0 Å². The molecule has 0 atom stereocenters. The molecular weight excluding hydrogens is 216 g/mol. The highest BCUT2D eigenvalue weighted by atomic mass is 32.2. The second-order valence-corrected chi connectivity index (χ2v) is 5.31. The second-order valence-electron chi connectivity index (χ2n) is 3.04. The molecule has 0 fully saturated rings. The molecule has 0 unspecified atom stereocenters. The van der Waals surface area contributed by atoms with Gasteiger partial charge in [0.1, 0.15) is 5.75 Å².